The average molecular weight is 236 g/mol. The highest BCUT2D eigenvalue weighted by Crippen LogP contribution is 2.33. The summed E-state index contributed by atoms with van der Waals surface area (Å²) in [5.74, 6) is 0. The van der Waals surface area contributed by atoms with Crippen LogP contribution < -0.4 is 5.19 Å². The number of rotatable bonds is 1. The van der Waals surface area contributed by atoms with Crippen LogP contribution in [0.1, 0.15) is 11.1 Å². The molecule has 1 aliphatic heterocycles. The SMILES string of the molecule is C[Si]1(C)C(c2ccccc2)=Cc2ccccc21. The zero-order chi connectivity index (χ0) is 11.9. The van der Waals surface area contributed by atoms with Gasteiger partial charge < -0.3 is 0 Å². The fourth-order valence-electron chi connectivity index (χ4n) is 2.73. The number of fused-ring (bicyclic) bond motifs is 1. The maximum absolute atomic E-state index is 2.44. The first-order chi connectivity index (χ1) is 8.19. The summed E-state index contributed by atoms with van der Waals surface area (Å²) < 4.78 is 0. The Hall–Kier alpha value is -1.60. The lowest BCUT2D eigenvalue weighted by atomic mass is 10.1. The van der Waals surface area contributed by atoms with Gasteiger partial charge in [0.1, 0.15) is 8.07 Å². The van der Waals surface area contributed by atoms with Gasteiger partial charge in [0.2, 0.25) is 0 Å². The molecule has 0 spiro atoms. The first-order valence-electron chi connectivity index (χ1n) is 6.07. The van der Waals surface area contributed by atoms with Crippen molar-refractivity contribution in [2.45, 2.75) is 13.1 Å². The summed E-state index contributed by atoms with van der Waals surface area (Å²) in [6, 6.07) is 19.6. The highest BCUT2D eigenvalue weighted by atomic mass is 28.3. The minimum absolute atomic E-state index is 1.39. The van der Waals surface area contributed by atoms with Gasteiger partial charge in [-0.3, -0.25) is 0 Å². The van der Waals surface area contributed by atoms with Crippen LogP contribution in [0.25, 0.3) is 11.3 Å². The molecule has 1 heterocycles. The molecule has 0 aromatic heterocycles. The van der Waals surface area contributed by atoms with Crippen molar-refractivity contribution in [1.29, 1.82) is 0 Å². The number of hydrogen-bond acceptors (Lipinski definition) is 0. The average Bonchev–Trinajstić information content (AvgIpc) is 2.63. The van der Waals surface area contributed by atoms with Crippen LogP contribution in [0, 0.1) is 0 Å². The van der Waals surface area contributed by atoms with Gasteiger partial charge in [0.05, 0.1) is 0 Å². The van der Waals surface area contributed by atoms with E-state index in [1.807, 2.05) is 0 Å². The summed E-state index contributed by atoms with van der Waals surface area (Å²) in [7, 11) is -1.47. The molecule has 0 fully saturated rings. The predicted octanol–water partition coefficient (Wildman–Crippen LogP) is 3.70. The van der Waals surface area contributed by atoms with Gasteiger partial charge in [0.15, 0.2) is 0 Å². The van der Waals surface area contributed by atoms with Crippen LogP contribution in [0.4, 0.5) is 0 Å². The Morgan fingerprint density at radius 1 is 0.765 bits per heavy atom. The van der Waals surface area contributed by atoms with E-state index in [4.69, 9.17) is 0 Å². The summed E-state index contributed by atoms with van der Waals surface area (Å²) in [5, 5.41) is 3.12. The standard InChI is InChI=1S/C16H16Si/c1-17(2)15-11-7-6-10-14(15)12-16(17)13-8-4-3-5-9-13/h3-12H,1-2H3. The van der Waals surface area contributed by atoms with Crippen molar-refractivity contribution in [2.75, 3.05) is 0 Å². The third-order valence-electron chi connectivity index (χ3n) is 3.69. The van der Waals surface area contributed by atoms with Crippen LogP contribution in [0.5, 0.6) is 0 Å². The Labute approximate surface area is 104 Å². The van der Waals surface area contributed by atoms with Crippen molar-refractivity contribution in [2.24, 2.45) is 0 Å². The first kappa shape index (κ1) is 10.5. The van der Waals surface area contributed by atoms with Crippen LogP contribution in [0.2, 0.25) is 13.1 Å². The molecule has 1 heteroatoms. The van der Waals surface area contributed by atoms with E-state index < -0.39 is 8.07 Å². The van der Waals surface area contributed by atoms with Crippen LogP contribution in [-0.2, 0) is 0 Å². The molecule has 84 valence electrons. The molecule has 0 atom stereocenters. The Kier molecular flexibility index (Phi) is 2.30. The minimum Gasteiger partial charge on any atom is -0.0623 e. The molecule has 2 aromatic carbocycles. The van der Waals surface area contributed by atoms with E-state index in [2.05, 4.69) is 73.8 Å². The molecule has 1 aliphatic rings. The van der Waals surface area contributed by atoms with Crippen molar-refractivity contribution < 1.29 is 0 Å². The van der Waals surface area contributed by atoms with Gasteiger partial charge in [-0.05, 0) is 21.5 Å². The van der Waals surface area contributed by atoms with Crippen LogP contribution in [0.15, 0.2) is 54.6 Å². The molecule has 0 unspecified atom stereocenters. The van der Waals surface area contributed by atoms with Gasteiger partial charge >= 0.3 is 0 Å². The second kappa shape index (κ2) is 3.71. The van der Waals surface area contributed by atoms with E-state index in [0.29, 0.717) is 0 Å². The first-order valence-corrected chi connectivity index (χ1v) is 9.07. The highest BCUT2D eigenvalue weighted by Gasteiger charge is 2.35. The lowest BCUT2D eigenvalue weighted by molar-refractivity contribution is 1.64. The fraction of sp³-hybridized carbons (Fsp3) is 0.125. The maximum atomic E-state index is 2.44. The van der Waals surface area contributed by atoms with Crippen molar-refractivity contribution in [3.05, 3.63) is 65.7 Å². The lowest BCUT2D eigenvalue weighted by Gasteiger charge is -2.22. The van der Waals surface area contributed by atoms with E-state index in [-0.39, 0.29) is 0 Å². The smallest absolute Gasteiger partial charge is 0.0623 e. The lowest BCUT2D eigenvalue weighted by Crippen LogP contribution is -2.40. The summed E-state index contributed by atoms with van der Waals surface area (Å²) in [4.78, 5) is 0. The monoisotopic (exact) mass is 236 g/mol. The molecule has 17 heavy (non-hydrogen) atoms. The molecule has 0 nitrogen and oxygen atoms in total. The summed E-state index contributed by atoms with van der Waals surface area (Å²) in [6.07, 6.45) is 2.39. The largest absolute Gasteiger partial charge is 0.113 e. The van der Waals surface area contributed by atoms with Crippen LogP contribution >= 0.6 is 0 Å². The van der Waals surface area contributed by atoms with Gasteiger partial charge in [0, 0.05) is 0 Å². The molecule has 0 saturated heterocycles. The Morgan fingerprint density at radius 2 is 1.41 bits per heavy atom. The summed E-state index contributed by atoms with van der Waals surface area (Å²) in [6.45, 7) is 4.88. The van der Waals surface area contributed by atoms with Crippen molar-refractivity contribution >= 4 is 24.5 Å². The summed E-state index contributed by atoms with van der Waals surface area (Å²) >= 11 is 0. The Morgan fingerprint density at radius 3 is 2.12 bits per heavy atom. The zero-order valence-electron chi connectivity index (χ0n) is 10.3. The maximum Gasteiger partial charge on any atom is 0.113 e. The van der Waals surface area contributed by atoms with Crippen molar-refractivity contribution in [3.8, 4) is 0 Å². The van der Waals surface area contributed by atoms with E-state index in [1.165, 1.54) is 11.1 Å². The molecule has 3 rings (SSSR count). The Balaban J connectivity index is 2.17. The molecule has 0 amide bonds. The molecule has 0 radical (unpaired) electrons. The minimum atomic E-state index is -1.47. The molecule has 0 saturated carbocycles. The fourth-order valence-corrected chi connectivity index (χ4v) is 5.82. The number of benzene rings is 2. The predicted molar refractivity (Wildman–Crippen MR) is 77.9 cm³/mol. The number of hydrogen-bond donors (Lipinski definition) is 0. The zero-order valence-corrected chi connectivity index (χ0v) is 11.3. The van der Waals surface area contributed by atoms with Gasteiger partial charge in [-0.2, -0.15) is 0 Å². The molecule has 0 aliphatic carbocycles. The van der Waals surface area contributed by atoms with E-state index in [1.54, 1.807) is 10.4 Å². The molecular weight excluding hydrogens is 220 g/mol. The van der Waals surface area contributed by atoms with Gasteiger partial charge in [0.25, 0.3) is 0 Å². The van der Waals surface area contributed by atoms with Gasteiger partial charge in [-0.15, -0.1) is 0 Å². The quantitative estimate of drug-likeness (QED) is 0.662. The second-order valence-electron chi connectivity index (χ2n) is 5.14. The van der Waals surface area contributed by atoms with Gasteiger partial charge in [-0.25, -0.2) is 0 Å². The van der Waals surface area contributed by atoms with E-state index in [0.717, 1.165) is 0 Å². The molecule has 0 N–H and O–H groups in total. The third kappa shape index (κ3) is 1.58. The topological polar surface area (TPSA) is 0 Å². The van der Waals surface area contributed by atoms with Crippen LogP contribution in [0.3, 0.4) is 0 Å². The van der Waals surface area contributed by atoms with Crippen molar-refractivity contribution in [1.82, 2.24) is 0 Å². The Bertz CT molecular complexity index is 579. The van der Waals surface area contributed by atoms with Crippen LogP contribution in [-0.4, -0.2) is 8.07 Å². The molecule has 0 bridgehead atoms. The second-order valence-corrected chi connectivity index (χ2v) is 9.46. The highest BCUT2D eigenvalue weighted by molar-refractivity contribution is 7.07. The molecular formula is C16H16Si. The van der Waals surface area contributed by atoms with E-state index >= 15 is 0 Å². The van der Waals surface area contributed by atoms with E-state index in [9.17, 15) is 0 Å². The summed E-state index contributed by atoms with van der Waals surface area (Å²) in [5.41, 5.74) is 2.81. The third-order valence-corrected chi connectivity index (χ3v) is 7.27. The van der Waals surface area contributed by atoms with Crippen molar-refractivity contribution in [3.63, 3.8) is 0 Å². The van der Waals surface area contributed by atoms with Gasteiger partial charge in [-0.1, -0.05) is 73.8 Å². The normalized spacial score (nSPS) is 16.5. The molecule has 2 aromatic rings.